The molecule has 4 aromatic rings. The fraction of sp³-hybridized carbons (Fsp3) is 0.292. The van der Waals surface area contributed by atoms with Gasteiger partial charge in [0.15, 0.2) is 23.1 Å². The SMILES string of the molecule is Cc1cc2c(F)c(Oc3ccnc4cc(OCC5(N)CC5)c5c(c34)CCO5)ccc2[nH]1. The fourth-order valence-electron chi connectivity index (χ4n) is 4.18. The number of halogens is 1. The second-order valence-electron chi connectivity index (χ2n) is 8.53. The molecule has 0 atom stereocenters. The van der Waals surface area contributed by atoms with Crippen LogP contribution in [0, 0.1) is 12.7 Å². The predicted molar refractivity (Wildman–Crippen MR) is 116 cm³/mol. The minimum atomic E-state index is -0.391. The van der Waals surface area contributed by atoms with E-state index in [0.717, 1.165) is 40.5 Å². The first kappa shape index (κ1) is 18.4. The molecule has 7 heteroatoms. The van der Waals surface area contributed by atoms with Gasteiger partial charge in [-0.1, -0.05) is 0 Å². The normalized spacial score (nSPS) is 16.4. The molecule has 158 valence electrons. The molecule has 31 heavy (non-hydrogen) atoms. The molecule has 0 radical (unpaired) electrons. The number of H-pyrrole nitrogens is 1. The summed E-state index contributed by atoms with van der Waals surface area (Å²) in [6, 6.07) is 8.86. The molecule has 3 N–H and O–H groups in total. The van der Waals surface area contributed by atoms with Gasteiger partial charge in [-0.15, -0.1) is 0 Å². The van der Waals surface area contributed by atoms with E-state index in [-0.39, 0.29) is 11.3 Å². The van der Waals surface area contributed by atoms with Crippen LogP contribution in [-0.4, -0.2) is 28.7 Å². The van der Waals surface area contributed by atoms with Gasteiger partial charge in [-0.2, -0.15) is 0 Å². The number of aromatic amines is 1. The standard InChI is InChI=1S/C24H22FN3O3/c1-13-10-15-16(28-13)2-3-19(22(15)25)31-18-4-8-27-17-11-20(30-12-24(26)6-7-24)23-14(21(17)18)5-9-29-23/h2-4,8,10-11,28H,5-7,9,12,26H2,1H3. The third-order valence-electron chi connectivity index (χ3n) is 6.07. The second kappa shape index (κ2) is 6.59. The molecule has 6 rings (SSSR count). The average Bonchev–Trinajstić information content (AvgIpc) is 3.14. The second-order valence-corrected chi connectivity index (χ2v) is 8.53. The van der Waals surface area contributed by atoms with Crippen molar-refractivity contribution in [3.63, 3.8) is 0 Å². The Morgan fingerprint density at radius 2 is 2.06 bits per heavy atom. The molecule has 0 saturated heterocycles. The third-order valence-corrected chi connectivity index (χ3v) is 6.07. The van der Waals surface area contributed by atoms with Crippen molar-refractivity contribution in [2.24, 2.45) is 5.73 Å². The quantitative estimate of drug-likeness (QED) is 0.487. The van der Waals surface area contributed by atoms with Crippen molar-refractivity contribution >= 4 is 21.8 Å². The minimum absolute atomic E-state index is 0.172. The highest BCUT2D eigenvalue weighted by Gasteiger charge is 2.39. The molecule has 0 amide bonds. The third kappa shape index (κ3) is 3.08. The molecule has 1 aliphatic carbocycles. The zero-order valence-electron chi connectivity index (χ0n) is 17.1. The molecule has 2 aromatic heterocycles. The van der Waals surface area contributed by atoms with Crippen molar-refractivity contribution < 1.29 is 18.6 Å². The molecular formula is C24H22FN3O3. The van der Waals surface area contributed by atoms with E-state index in [0.29, 0.717) is 42.3 Å². The summed E-state index contributed by atoms with van der Waals surface area (Å²) in [5.41, 5.74) is 9.28. The summed E-state index contributed by atoms with van der Waals surface area (Å²) in [6.45, 7) is 2.90. The summed E-state index contributed by atoms with van der Waals surface area (Å²) in [4.78, 5) is 7.65. The lowest BCUT2D eigenvalue weighted by Crippen LogP contribution is -2.29. The summed E-state index contributed by atoms with van der Waals surface area (Å²) in [6.07, 6.45) is 4.30. The van der Waals surface area contributed by atoms with Crippen LogP contribution in [0.1, 0.15) is 24.1 Å². The van der Waals surface area contributed by atoms with Gasteiger partial charge < -0.3 is 24.9 Å². The molecular weight excluding hydrogens is 397 g/mol. The van der Waals surface area contributed by atoms with Crippen molar-refractivity contribution in [3.8, 4) is 23.0 Å². The summed E-state index contributed by atoms with van der Waals surface area (Å²) >= 11 is 0. The van der Waals surface area contributed by atoms with E-state index in [9.17, 15) is 0 Å². The molecule has 1 aliphatic heterocycles. The molecule has 0 unspecified atom stereocenters. The maximum absolute atomic E-state index is 15.1. The molecule has 2 aromatic carbocycles. The number of nitrogens with two attached hydrogens (primary N) is 1. The van der Waals surface area contributed by atoms with Gasteiger partial charge in [0.25, 0.3) is 0 Å². The first-order chi connectivity index (χ1) is 15.0. The van der Waals surface area contributed by atoms with Crippen LogP contribution < -0.4 is 19.9 Å². The zero-order chi connectivity index (χ0) is 21.2. The summed E-state index contributed by atoms with van der Waals surface area (Å²) in [5, 5.41) is 1.33. The molecule has 2 aliphatic rings. The summed E-state index contributed by atoms with van der Waals surface area (Å²) < 4.78 is 33.1. The number of nitrogens with zero attached hydrogens (tertiary/aromatic N) is 1. The van der Waals surface area contributed by atoms with E-state index in [4.69, 9.17) is 19.9 Å². The van der Waals surface area contributed by atoms with E-state index in [1.165, 1.54) is 0 Å². The Balaban J connectivity index is 1.43. The van der Waals surface area contributed by atoms with Gasteiger partial charge in [-0.05, 0) is 44.0 Å². The van der Waals surface area contributed by atoms with Crippen LogP contribution in [0.15, 0.2) is 36.5 Å². The predicted octanol–water partition coefficient (Wildman–Crippen LogP) is 4.76. The Hall–Kier alpha value is -3.32. The van der Waals surface area contributed by atoms with Crippen LogP contribution in [0.25, 0.3) is 21.8 Å². The molecule has 0 spiro atoms. The Kier molecular flexibility index (Phi) is 3.92. The van der Waals surface area contributed by atoms with Crippen molar-refractivity contribution in [2.45, 2.75) is 31.7 Å². The maximum Gasteiger partial charge on any atom is 0.175 e. The number of rotatable bonds is 5. The monoisotopic (exact) mass is 419 g/mol. The largest absolute Gasteiger partial charge is 0.489 e. The van der Waals surface area contributed by atoms with Gasteiger partial charge in [0.05, 0.1) is 23.0 Å². The number of benzene rings is 2. The Morgan fingerprint density at radius 3 is 2.90 bits per heavy atom. The van der Waals surface area contributed by atoms with Gasteiger partial charge >= 0.3 is 0 Å². The van der Waals surface area contributed by atoms with Crippen molar-refractivity contribution in [3.05, 3.63) is 53.6 Å². The lowest BCUT2D eigenvalue weighted by Gasteiger charge is -2.16. The number of nitrogens with one attached hydrogen (secondary N) is 1. The van der Waals surface area contributed by atoms with Crippen LogP contribution >= 0.6 is 0 Å². The van der Waals surface area contributed by atoms with E-state index in [1.807, 2.05) is 19.1 Å². The van der Waals surface area contributed by atoms with E-state index in [2.05, 4.69) is 9.97 Å². The Morgan fingerprint density at radius 1 is 1.19 bits per heavy atom. The van der Waals surface area contributed by atoms with Gasteiger partial charge in [0, 0.05) is 40.8 Å². The zero-order valence-corrected chi connectivity index (χ0v) is 17.1. The number of hydrogen-bond acceptors (Lipinski definition) is 5. The van der Waals surface area contributed by atoms with Crippen molar-refractivity contribution in [2.75, 3.05) is 13.2 Å². The Bertz CT molecular complexity index is 1340. The van der Waals surface area contributed by atoms with Gasteiger partial charge in [-0.3, -0.25) is 4.98 Å². The number of aromatic nitrogens is 2. The summed E-state index contributed by atoms with van der Waals surface area (Å²) in [5.74, 6) is 1.67. The number of pyridine rings is 1. The first-order valence-corrected chi connectivity index (χ1v) is 10.5. The summed E-state index contributed by atoms with van der Waals surface area (Å²) in [7, 11) is 0. The smallest absolute Gasteiger partial charge is 0.175 e. The number of hydrogen-bond donors (Lipinski definition) is 2. The van der Waals surface area contributed by atoms with E-state index < -0.39 is 5.82 Å². The number of aryl methyl sites for hydroxylation is 1. The number of ether oxygens (including phenoxy) is 3. The highest BCUT2D eigenvalue weighted by Crippen LogP contribution is 2.45. The minimum Gasteiger partial charge on any atom is -0.489 e. The van der Waals surface area contributed by atoms with Crippen molar-refractivity contribution in [1.29, 1.82) is 0 Å². The molecule has 3 heterocycles. The van der Waals surface area contributed by atoms with Crippen LogP contribution in [-0.2, 0) is 6.42 Å². The first-order valence-electron chi connectivity index (χ1n) is 10.5. The highest BCUT2D eigenvalue weighted by molar-refractivity contribution is 5.93. The molecule has 1 fully saturated rings. The van der Waals surface area contributed by atoms with Crippen LogP contribution in [0.5, 0.6) is 23.0 Å². The van der Waals surface area contributed by atoms with Gasteiger partial charge in [0.1, 0.15) is 12.4 Å². The molecule has 0 bridgehead atoms. The van der Waals surface area contributed by atoms with Crippen molar-refractivity contribution in [1.82, 2.24) is 9.97 Å². The van der Waals surface area contributed by atoms with Crippen LogP contribution in [0.2, 0.25) is 0 Å². The van der Waals surface area contributed by atoms with Gasteiger partial charge in [0.2, 0.25) is 0 Å². The topological polar surface area (TPSA) is 82.4 Å². The van der Waals surface area contributed by atoms with Crippen LogP contribution in [0.3, 0.4) is 0 Å². The molecule has 1 saturated carbocycles. The maximum atomic E-state index is 15.1. The molecule has 6 nitrogen and oxygen atoms in total. The van der Waals surface area contributed by atoms with Crippen LogP contribution in [0.4, 0.5) is 4.39 Å². The fourth-order valence-corrected chi connectivity index (χ4v) is 4.18. The highest BCUT2D eigenvalue weighted by atomic mass is 19.1. The van der Waals surface area contributed by atoms with E-state index >= 15 is 4.39 Å². The van der Waals surface area contributed by atoms with E-state index in [1.54, 1.807) is 24.4 Å². The Labute approximate surface area is 178 Å². The number of fused-ring (bicyclic) bond motifs is 4. The lowest BCUT2D eigenvalue weighted by atomic mass is 10.0. The average molecular weight is 419 g/mol. The van der Waals surface area contributed by atoms with Gasteiger partial charge in [-0.25, -0.2) is 4.39 Å². The lowest BCUT2D eigenvalue weighted by molar-refractivity contribution is 0.260.